The molecule has 6 heteroatoms. The van der Waals surface area contributed by atoms with Crippen LogP contribution in [0, 0.1) is 0 Å². The minimum Gasteiger partial charge on any atom is -0.494 e. The predicted molar refractivity (Wildman–Crippen MR) is 99.1 cm³/mol. The van der Waals surface area contributed by atoms with E-state index in [1.165, 1.54) is 0 Å². The number of hydrogen-bond donors (Lipinski definition) is 1. The van der Waals surface area contributed by atoms with Gasteiger partial charge in [0.2, 0.25) is 11.7 Å². The van der Waals surface area contributed by atoms with Crippen LogP contribution in [0.5, 0.6) is 23.0 Å². The maximum Gasteiger partial charge on any atom is 0.220 e. The molecule has 1 N–H and O–H groups in total. The smallest absolute Gasteiger partial charge is 0.220 e. The van der Waals surface area contributed by atoms with Gasteiger partial charge in [-0.1, -0.05) is 18.2 Å². The molecule has 0 heterocycles. The van der Waals surface area contributed by atoms with E-state index in [2.05, 4.69) is 5.32 Å². The molecule has 1 amide bonds. The molecule has 0 fully saturated rings. The van der Waals surface area contributed by atoms with Crippen LogP contribution in [0.25, 0.3) is 0 Å². The van der Waals surface area contributed by atoms with Gasteiger partial charge in [0.05, 0.1) is 27.9 Å². The van der Waals surface area contributed by atoms with Crippen molar-refractivity contribution in [2.75, 3.05) is 27.9 Å². The fraction of sp³-hybridized carbons (Fsp3) is 0.350. The van der Waals surface area contributed by atoms with E-state index in [-0.39, 0.29) is 5.91 Å². The van der Waals surface area contributed by atoms with Gasteiger partial charge in [-0.15, -0.1) is 0 Å². The third-order valence-corrected chi connectivity index (χ3v) is 3.77. The molecule has 140 valence electrons. The van der Waals surface area contributed by atoms with Gasteiger partial charge in [-0.3, -0.25) is 4.79 Å². The normalized spacial score (nSPS) is 10.1. The Morgan fingerprint density at radius 2 is 1.62 bits per heavy atom. The third kappa shape index (κ3) is 5.58. The van der Waals surface area contributed by atoms with Gasteiger partial charge >= 0.3 is 0 Å². The summed E-state index contributed by atoms with van der Waals surface area (Å²) >= 11 is 0. The zero-order valence-electron chi connectivity index (χ0n) is 15.4. The summed E-state index contributed by atoms with van der Waals surface area (Å²) in [7, 11) is 4.68. The fourth-order valence-corrected chi connectivity index (χ4v) is 2.47. The van der Waals surface area contributed by atoms with Gasteiger partial charge in [0.15, 0.2) is 11.5 Å². The van der Waals surface area contributed by atoms with Crippen LogP contribution < -0.4 is 24.3 Å². The molecule has 0 atom stereocenters. The first kappa shape index (κ1) is 19.4. The van der Waals surface area contributed by atoms with Gasteiger partial charge in [0.1, 0.15) is 5.75 Å². The first-order chi connectivity index (χ1) is 12.7. The Balaban J connectivity index is 1.79. The lowest BCUT2D eigenvalue weighted by atomic mass is 10.1. The van der Waals surface area contributed by atoms with Crippen LogP contribution in [0.2, 0.25) is 0 Å². The lowest BCUT2D eigenvalue weighted by Gasteiger charge is -2.14. The molecule has 2 aromatic carbocycles. The van der Waals surface area contributed by atoms with Crippen molar-refractivity contribution in [3.63, 3.8) is 0 Å². The SMILES string of the molecule is COc1cc(CNC(=O)CCCOc2ccccc2)cc(OC)c1OC. The minimum atomic E-state index is -0.0320. The van der Waals surface area contributed by atoms with Crippen molar-refractivity contribution in [2.24, 2.45) is 0 Å². The van der Waals surface area contributed by atoms with Gasteiger partial charge < -0.3 is 24.3 Å². The molecule has 0 aliphatic heterocycles. The van der Waals surface area contributed by atoms with Crippen LogP contribution in [0.15, 0.2) is 42.5 Å². The molecule has 0 saturated heterocycles. The number of carbonyl (C=O) groups excluding carboxylic acids is 1. The molecule has 2 aromatic rings. The van der Waals surface area contributed by atoms with E-state index in [0.717, 1.165) is 11.3 Å². The number of carbonyl (C=O) groups is 1. The molecule has 0 saturated carbocycles. The lowest BCUT2D eigenvalue weighted by molar-refractivity contribution is -0.121. The zero-order valence-corrected chi connectivity index (χ0v) is 15.4. The molecule has 0 unspecified atom stereocenters. The van der Waals surface area contributed by atoms with Gasteiger partial charge in [-0.2, -0.15) is 0 Å². The number of methoxy groups -OCH3 is 3. The summed E-state index contributed by atoms with van der Waals surface area (Å²) in [5.41, 5.74) is 0.869. The summed E-state index contributed by atoms with van der Waals surface area (Å²) in [5, 5.41) is 2.89. The summed E-state index contributed by atoms with van der Waals surface area (Å²) in [6, 6.07) is 13.2. The average Bonchev–Trinajstić information content (AvgIpc) is 2.69. The Bertz CT molecular complexity index is 678. The van der Waals surface area contributed by atoms with E-state index < -0.39 is 0 Å². The molecule has 0 aliphatic carbocycles. The topological polar surface area (TPSA) is 66.0 Å². The first-order valence-corrected chi connectivity index (χ1v) is 8.41. The van der Waals surface area contributed by atoms with Crippen LogP contribution in [0.4, 0.5) is 0 Å². The van der Waals surface area contributed by atoms with Crippen LogP contribution in [-0.2, 0) is 11.3 Å². The molecule has 0 aromatic heterocycles. The molecule has 26 heavy (non-hydrogen) atoms. The Morgan fingerprint density at radius 1 is 0.962 bits per heavy atom. The van der Waals surface area contributed by atoms with Gasteiger partial charge in [-0.25, -0.2) is 0 Å². The Labute approximate surface area is 154 Å². The number of nitrogens with one attached hydrogen (secondary N) is 1. The van der Waals surface area contributed by atoms with E-state index in [1.54, 1.807) is 21.3 Å². The van der Waals surface area contributed by atoms with Gasteiger partial charge in [0, 0.05) is 13.0 Å². The second-order valence-electron chi connectivity index (χ2n) is 5.58. The lowest BCUT2D eigenvalue weighted by Crippen LogP contribution is -2.23. The van der Waals surface area contributed by atoms with Crippen LogP contribution in [-0.4, -0.2) is 33.8 Å². The predicted octanol–water partition coefficient (Wildman–Crippen LogP) is 3.19. The number of rotatable bonds is 10. The standard InChI is InChI=1S/C20H25NO5/c1-23-17-12-15(13-18(24-2)20(17)25-3)14-21-19(22)10-7-11-26-16-8-5-4-6-9-16/h4-6,8-9,12-13H,7,10-11,14H2,1-3H3,(H,21,22). The van der Waals surface area contributed by atoms with Gasteiger partial charge in [0.25, 0.3) is 0 Å². The molecule has 0 bridgehead atoms. The third-order valence-electron chi connectivity index (χ3n) is 3.77. The van der Waals surface area contributed by atoms with Crippen molar-refractivity contribution in [3.8, 4) is 23.0 Å². The van der Waals surface area contributed by atoms with Crippen LogP contribution in [0.1, 0.15) is 18.4 Å². The second-order valence-corrected chi connectivity index (χ2v) is 5.58. The maximum absolute atomic E-state index is 12.0. The summed E-state index contributed by atoms with van der Waals surface area (Å²) in [5.74, 6) is 2.43. The summed E-state index contributed by atoms with van der Waals surface area (Å²) < 4.78 is 21.5. The molecule has 2 rings (SSSR count). The van der Waals surface area contributed by atoms with E-state index in [4.69, 9.17) is 18.9 Å². The van der Waals surface area contributed by atoms with Crippen molar-refractivity contribution in [3.05, 3.63) is 48.0 Å². The second kappa shape index (κ2) is 10.2. The fourth-order valence-electron chi connectivity index (χ4n) is 2.47. The molecular formula is C20H25NO5. The largest absolute Gasteiger partial charge is 0.494 e. The number of ether oxygens (including phenoxy) is 4. The van der Waals surface area contributed by atoms with E-state index >= 15 is 0 Å². The van der Waals surface area contributed by atoms with Crippen LogP contribution in [0.3, 0.4) is 0 Å². The Hall–Kier alpha value is -2.89. The summed E-state index contributed by atoms with van der Waals surface area (Å²) in [4.78, 5) is 12.0. The molecule has 0 aliphatic rings. The van der Waals surface area contributed by atoms with E-state index in [0.29, 0.717) is 43.2 Å². The quantitative estimate of drug-likeness (QED) is 0.660. The van der Waals surface area contributed by atoms with E-state index in [9.17, 15) is 4.79 Å². The van der Waals surface area contributed by atoms with Crippen LogP contribution >= 0.6 is 0 Å². The zero-order chi connectivity index (χ0) is 18.8. The van der Waals surface area contributed by atoms with Gasteiger partial charge in [-0.05, 0) is 36.2 Å². The molecule has 6 nitrogen and oxygen atoms in total. The summed E-state index contributed by atoms with van der Waals surface area (Å²) in [6.45, 7) is 0.886. The van der Waals surface area contributed by atoms with Crippen molar-refractivity contribution in [1.29, 1.82) is 0 Å². The highest BCUT2D eigenvalue weighted by Crippen LogP contribution is 2.38. The van der Waals surface area contributed by atoms with Crippen molar-refractivity contribution >= 4 is 5.91 Å². The molecule has 0 spiro atoms. The molecular weight excluding hydrogens is 334 g/mol. The highest BCUT2D eigenvalue weighted by Gasteiger charge is 2.13. The number of hydrogen-bond acceptors (Lipinski definition) is 5. The average molecular weight is 359 g/mol. The van der Waals surface area contributed by atoms with Crippen molar-refractivity contribution in [2.45, 2.75) is 19.4 Å². The van der Waals surface area contributed by atoms with Crippen molar-refractivity contribution < 1.29 is 23.7 Å². The molecule has 0 radical (unpaired) electrons. The van der Waals surface area contributed by atoms with E-state index in [1.807, 2.05) is 42.5 Å². The number of benzene rings is 2. The summed E-state index contributed by atoms with van der Waals surface area (Å²) in [6.07, 6.45) is 1.05. The van der Waals surface area contributed by atoms with Crippen molar-refractivity contribution in [1.82, 2.24) is 5.32 Å². The minimum absolute atomic E-state index is 0.0320. The highest BCUT2D eigenvalue weighted by molar-refractivity contribution is 5.75. The maximum atomic E-state index is 12.0. The Kier molecular flexibility index (Phi) is 7.61. The first-order valence-electron chi connectivity index (χ1n) is 8.41. The number of amides is 1. The Morgan fingerprint density at radius 3 is 2.19 bits per heavy atom. The highest BCUT2D eigenvalue weighted by atomic mass is 16.5. The monoisotopic (exact) mass is 359 g/mol. The number of para-hydroxylation sites is 1.